The van der Waals surface area contributed by atoms with Crippen LogP contribution in [0.25, 0.3) is 0 Å². The first-order valence-corrected chi connectivity index (χ1v) is 9.48. The van der Waals surface area contributed by atoms with Crippen LogP contribution in [0.3, 0.4) is 0 Å². The lowest BCUT2D eigenvalue weighted by atomic mass is 9.86. The third kappa shape index (κ3) is 5.75. The predicted octanol–water partition coefficient (Wildman–Crippen LogP) is 3.95. The van der Waals surface area contributed by atoms with Crippen molar-refractivity contribution in [2.24, 2.45) is 17.8 Å². The van der Waals surface area contributed by atoms with Crippen LogP contribution >= 0.6 is 0 Å². The number of aliphatic hydroxyl groups is 1. The highest BCUT2D eigenvalue weighted by atomic mass is 16.5. The van der Waals surface area contributed by atoms with Gasteiger partial charge in [0, 0.05) is 12.3 Å². The van der Waals surface area contributed by atoms with Crippen molar-refractivity contribution in [3.63, 3.8) is 0 Å². The third-order valence-electron chi connectivity index (χ3n) is 5.26. The number of hydrogen-bond acceptors (Lipinski definition) is 3. The van der Waals surface area contributed by atoms with E-state index in [9.17, 15) is 9.90 Å². The highest BCUT2D eigenvalue weighted by Gasteiger charge is 2.46. The number of hydrogen-bond donors (Lipinski definition) is 2. The summed E-state index contributed by atoms with van der Waals surface area (Å²) in [6.07, 6.45) is 15.5. The Morgan fingerprint density at radius 1 is 1.25 bits per heavy atom. The second-order valence-corrected chi connectivity index (χ2v) is 7.18. The van der Waals surface area contributed by atoms with Gasteiger partial charge in [-0.15, -0.1) is 0 Å². The van der Waals surface area contributed by atoms with Gasteiger partial charge in [0.25, 0.3) is 0 Å². The highest BCUT2D eigenvalue weighted by molar-refractivity contribution is 5.66. The zero-order valence-electron chi connectivity index (χ0n) is 14.8. The van der Waals surface area contributed by atoms with Crippen LogP contribution in [-0.4, -0.2) is 35.0 Å². The number of aliphatic carboxylic acids is 1. The largest absolute Gasteiger partial charge is 0.481 e. The van der Waals surface area contributed by atoms with Gasteiger partial charge in [-0.3, -0.25) is 4.79 Å². The molecular formula is C20H32O4. The molecule has 1 heterocycles. The molecule has 2 fully saturated rings. The normalized spacial score (nSPS) is 30.6. The summed E-state index contributed by atoms with van der Waals surface area (Å²) in [5.74, 6) is 0.653. The van der Waals surface area contributed by atoms with E-state index < -0.39 is 5.97 Å². The van der Waals surface area contributed by atoms with Crippen LogP contribution in [0.2, 0.25) is 0 Å². The number of carboxylic acid groups (broad SMARTS) is 1. The summed E-state index contributed by atoms with van der Waals surface area (Å²) in [6.45, 7) is 3.00. The molecule has 0 aromatic carbocycles. The van der Waals surface area contributed by atoms with Crippen molar-refractivity contribution in [1.29, 1.82) is 0 Å². The van der Waals surface area contributed by atoms with E-state index in [1.165, 1.54) is 12.8 Å². The molecule has 4 nitrogen and oxygen atoms in total. The Morgan fingerprint density at radius 3 is 2.83 bits per heavy atom. The minimum Gasteiger partial charge on any atom is -0.481 e. The Bertz CT molecular complexity index is 443. The predicted molar refractivity (Wildman–Crippen MR) is 94.7 cm³/mol. The van der Waals surface area contributed by atoms with E-state index in [1.54, 1.807) is 0 Å². The zero-order chi connectivity index (χ0) is 17.4. The Labute approximate surface area is 145 Å². The van der Waals surface area contributed by atoms with E-state index in [0.29, 0.717) is 24.2 Å². The van der Waals surface area contributed by atoms with Crippen molar-refractivity contribution in [1.82, 2.24) is 0 Å². The van der Waals surface area contributed by atoms with Crippen LogP contribution in [-0.2, 0) is 9.53 Å². The molecule has 2 rings (SSSR count). The Kier molecular flexibility index (Phi) is 8.00. The second-order valence-electron chi connectivity index (χ2n) is 7.18. The molecule has 0 aromatic rings. The Hall–Kier alpha value is -1.13. The maximum Gasteiger partial charge on any atom is 0.303 e. The van der Waals surface area contributed by atoms with Gasteiger partial charge < -0.3 is 14.9 Å². The third-order valence-corrected chi connectivity index (χ3v) is 5.26. The molecular weight excluding hydrogens is 304 g/mol. The smallest absolute Gasteiger partial charge is 0.303 e. The number of ether oxygens (including phenoxy) is 1. The zero-order valence-corrected chi connectivity index (χ0v) is 14.8. The van der Waals surface area contributed by atoms with Crippen molar-refractivity contribution < 1.29 is 19.7 Å². The van der Waals surface area contributed by atoms with E-state index in [-0.39, 0.29) is 18.6 Å². The molecule has 0 spiro atoms. The molecule has 0 radical (unpaired) electrons. The number of aliphatic hydroxyl groups excluding tert-OH is 1. The summed E-state index contributed by atoms with van der Waals surface area (Å²) in [4.78, 5) is 10.5. The number of fused-ring (bicyclic) bond motifs is 2. The van der Waals surface area contributed by atoms with Gasteiger partial charge in [0.2, 0.25) is 0 Å². The van der Waals surface area contributed by atoms with Crippen molar-refractivity contribution in [2.45, 2.75) is 70.5 Å². The molecule has 136 valence electrons. The number of unbranched alkanes of at least 4 members (excludes halogenated alkanes) is 3. The molecule has 5 atom stereocenters. The van der Waals surface area contributed by atoms with E-state index in [2.05, 4.69) is 25.2 Å². The fourth-order valence-corrected chi connectivity index (χ4v) is 3.90. The van der Waals surface area contributed by atoms with Gasteiger partial charge >= 0.3 is 5.97 Å². The maximum absolute atomic E-state index is 10.5. The average molecular weight is 336 g/mol. The van der Waals surface area contributed by atoms with Crippen molar-refractivity contribution in [3.8, 4) is 0 Å². The van der Waals surface area contributed by atoms with E-state index >= 15 is 0 Å². The molecule has 2 bridgehead atoms. The van der Waals surface area contributed by atoms with Gasteiger partial charge in [-0.2, -0.15) is 0 Å². The molecule has 0 amide bonds. The maximum atomic E-state index is 10.5. The van der Waals surface area contributed by atoms with Crippen molar-refractivity contribution >= 4 is 5.97 Å². The fourth-order valence-electron chi connectivity index (χ4n) is 3.90. The van der Waals surface area contributed by atoms with Gasteiger partial charge in [-0.05, 0) is 37.5 Å². The Morgan fingerprint density at radius 2 is 2.08 bits per heavy atom. The summed E-state index contributed by atoms with van der Waals surface area (Å²) >= 11 is 0. The minimum absolute atomic E-state index is 0.234. The number of allylic oxidation sites excluding steroid dienone is 2. The number of carbonyl (C=O) groups is 1. The molecule has 4 heteroatoms. The molecule has 1 aliphatic heterocycles. The minimum atomic E-state index is -0.727. The van der Waals surface area contributed by atoms with Gasteiger partial charge in [-0.1, -0.05) is 50.5 Å². The first-order valence-electron chi connectivity index (χ1n) is 9.48. The number of rotatable bonds is 11. The van der Waals surface area contributed by atoms with Gasteiger partial charge in [-0.25, -0.2) is 0 Å². The molecule has 2 aliphatic rings. The van der Waals surface area contributed by atoms with Gasteiger partial charge in [0.05, 0.1) is 18.8 Å². The van der Waals surface area contributed by atoms with Crippen LogP contribution in [0, 0.1) is 17.8 Å². The second kappa shape index (κ2) is 10.00. The van der Waals surface area contributed by atoms with Crippen LogP contribution in [0.1, 0.15) is 58.3 Å². The van der Waals surface area contributed by atoms with Crippen LogP contribution in [0.5, 0.6) is 0 Å². The topological polar surface area (TPSA) is 66.8 Å². The summed E-state index contributed by atoms with van der Waals surface area (Å²) in [7, 11) is 0. The van der Waals surface area contributed by atoms with Crippen LogP contribution < -0.4 is 0 Å². The van der Waals surface area contributed by atoms with Gasteiger partial charge in [0.15, 0.2) is 0 Å². The summed E-state index contributed by atoms with van der Waals surface area (Å²) in [5, 5.41) is 18.8. The lowest BCUT2D eigenvalue weighted by Gasteiger charge is -2.27. The molecule has 1 aliphatic carbocycles. The number of carboxylic acids is 1. The van der Waals surface area contributed by atoms with Crippen molar-refractivity contribution in [2.75, 3.05) is 6.61 Å². The SMILES string of the molecule is CCCCC[C@H](O)/C=C/[C@@H]1[C@@H](/C=C\CCCC(=O)O)[C@H]2CO[C@@H]1C2. The van der Waals surface area contributed by atoms with E-state index in [4.69, 9.17) is 9.84 Å². The average Bonchev–Trinajstić information content (AvgIpc) is 3.14. The van der Waals surface area contributed by atoms with Crippen LogP contribution in [0.15, 0.2) is 24.3 Å². The molecule has 0 unspecified atom stereocenters. The lowest BCUT2D eigenvalue weighted by Crippen LogP contribution is -2.26. The quantitative estimate of drug-likeness (QED) is 0.443. The highest BCUT2D eigenvalue weighted by Crippen LogP contribution is 2.46. The summed E-state index contributed by atoms with van der Waals surface area (Å²) < 4.78 is 5.84. The molecule has 0 aromatic heterocycles. The van der Waals surface area contributed by atoms with E-state index in [0.717, 1.165) is 32.3 Å². The summed E-state index contributed by atoms with van der Waals surface area (Å²) in [5.41, 5.74) is 0. The fraction of sp³-hybridized carbons (Fsp3) is 0.750. The van der Waals surface area contributed by atoms with Crippen LogP contribution in [0.4, 0.5) is 0 Å². The first-order chi connectivity index (χ1) is 11.6. The lowest BCUT2D eigenvalue weighted by molar-refractivity contribution is -0.137. The first kappa shape index (κ1) is 19.2. The molecule has 1 saturated heterocycles. The standard InChI is InChI=1S/C20H32O4/c1-2-3-5-8-16(21)11-12-18-17(15-13-19(18)24-14-15)9-6-4-7-10-20(22)23/h6,9,11-12,15-19,21H,2-5,7-8,10,13-14H2,1H3,(H,22,23)/b9-6-,12-11+/t15-,16+,17+,18-,19-/m1/s1. The summed E-state index contributed by atoms with van der Waals surface area (Å²) in [6, 6.07) is 0. The molecule has 1 saturated carbocycles. The van der Waals surface area contributed by atoms with E-state index in [1.807, 2.05) is 6.08 Å². The Balaban J connectivity index is 1.82. The van der Waals surface area contributed by atoms with Gasteiger partial charge in [0.1, 0.15) is 0 Å². The molecule has 2 N–H and O–H groups in total. The molecule has 24 heavy (non-hydrogen) atoms. The monoisotopic (exact) mass is 336 g/mol. The van der Waals surface area contributed by atoms with Crippen molar-refractivity contribution in [3.05, 3.63) is 24.3 Å².